The van der Waals surface area contributed by atoms with E-state index in [4.69, 9.17) is 4.52 Å². The molecule has 176 valence electrons. The van der Waals surface area contributed by atoms with Gasteiger partial charge in [-0.25, -0.2) is 0 Å². The van der Waals surface area contributed by atoms with Gasteiger partial charge in [0, 0.05) is 49.3 Å². The number of nitrogens with one attached hydrogen (secondary N) is 1. The molecule has 5 heterocycles. The summed E-state index contributed by atoms with van der Waals surface area (Å²) in [5.41, 5.74) is 2.40. The second-order valence-electron chi connectivity index (χ2n) is 8.04. The van der Waals surface area contributed by atoms with Gasteiger partial charge in [0.1, 0.15) is 11.7 Å². The van der Waals surface area contributed by atoms with Gasteiger partial charge in [-0.1, -0.05) is 5.16 Å². The monoisotopic (exact) mass is 473 g/mol. The molecule has 0 aliphatic carbocycles. The van der Waals surface area contributed by atoms with Crippen LogP contribution >= 0.6 is 0 Å². The van der Waals surface area contributed by atoms with Crippen LogP contribution < -0.4 is 5.32 Å². The van der Waals surface area contributed by atoms with Gasteiger partial charge in [-0.2, -0.15) is 4.98 Å². The summed E-state index contributed by atoms with van der Waals surface area (Å²) in [7, 11) is 1.60. The fraction of sp³-hybridized carbons (Fsp3) is 0.217. The summed E-state index contributed by atoms with van der Waals surface area (Å²) in [6.45, 7) is 0.0589. The molecule has 0 saturated carbocycles. The maximum Gasteiger partial charge on any atom is 0.277 e. The Labute approximate surface area is 198 Å². The normalized spacial score (nSPS) is 18.0. The van der Waals surface area contributed by atoms with Gasteiger partial charge < -0.3 is 9.42 Å². The summed E-state index contributed by atoms with van der Waals surface area (Å²) in [5, 5.41) is 6.18. The third-order valence-electron chi connectivity index (χ3n) is 5.70. The SMILES string of the molecule is CN(Cc1nc(-c2ccnc(-c3ccncc3)c2)no1)C1=CC(=O)N(C2CCC(=O)NC2=O)C1=O. The molecular weight excluding hydrogens is 454 g/mol. The first-order valence-electron chi connectivity index (χ1n) is 10.7. The van der Waals surface area contributed by atoms with E-state index >= 15 is 0 Å². The Morgan fingerprint density at radius 2 is 1.89 bits per heavy atom. The third kappa shape index (κ3) is 4.28. The van der Waals surface area contributed by atoms with Crippen molar-refractivity contribution in [1.82, 2.24) is 35.2 Å². The molecule has 0 radical (unpaired) electrons. The van der Waals surface area contributed by atoms with Crippen LogP contribution in [0.3, 0.4) is 0 Å². The number of aromatic nitrogens is 4. The van der Waals surface area contributed by atoms with Gasteiger partial charge in [-0.3, -0.25) is 39.4 Å². The van der Waals surface area contributed by atoms with Gasteiger partial charge >= 0.3 is 0 Å². The molecule has 5 rings (SSSR count). The summed E-state index contributed by atoms with van der Waals surface area (Å²) in [4.78, 5) is 64.1. The smallest absolute Gasteiger partial charge is 0.277 e. The lowest BCUT2D eigenvalue weighted by Gasteiger charge is -2.29. The van der Waals surface area contributed by atoms with Crippen LogP contribution in [-0.4, -0.2) is 66.6 Å². The molecule has 3 aromatic heterocycles. The summed E-state index contributed by atoms with van der Waals surface area (Å²) < 4.78 is 5.36. The fourth-order valence-electron chi connectivity index (χ4n) is 3.94. The molecule has 2 aliphatic rings. The molecule has 0 aromatic carbocycles. The van der Waals surface area contributed by atoms with Gasteiger partial charge in [0.25, 0.3) is 11.8 Å². The topological polar surface area (TPSA) is 151 Å². The predicted octanol–water partition coefficient (Wildman–Crippen LogP) is 0.683. The lowest BCUT2D eigenvalue weighted by molar-refractivity contribution is -0.150. The molecule has 1 atom stereocenters. The van der Waals surface area contributed by atoms with Crippen molar-refractivity contribution in [2.75, 3.05) is 7.05 Å². The Morgan fingerprint density at radius 3 is 2.66 bits per heavy atom. The highest BCUT2D eigenvalue weighted by molar-refractivity contribution is 6.18. The number of piperidine rings is 1. The minimum atomic E-state index is -1.02. The number of hydrogen-bond acceptors (Lipinski definition) is 10. The zero-order chi connectivity index (χ0) is 24.5. The van der Waals surface area contributed by atoms with E-state index in [1.54, 1.807) is 31.7 Å². The minimum Gasteiger partial charge on any atom is -0.361 e. The molecule has 2 aliphatic heterocycles. The first-order valence-corrected chi connectivity index (χ1v) is 10.7. The van der Waals surface area contributed by atoms with E-state index in [2.05, 4.69) is 25.4 Å². The van der Waals surface area contributed by atoms with Crippen molar-refractivity contribution in [1.29, 1.82) is 0 Å². The van der Waals surface area contributed by atoms with Crippen LogP contribution in [0.5, 0.6) is 0 Å². The molecule has 4 amide bonds. The Kier molecular flexibility index (Phi) is 5.61. The van der Waals surface area contributed by atoms with Gasteiger partial charge in [0.2, 0.25) is 23.5 Å². The van der Waals surface area contributed by atoms with Crippen LogP contribution in [0.4, 0.5) is 0 Å². The van der Waals surface area contributed by atoms with E-state index in [-0.39, 0.29) is 31.0 Å². The van der Waals surface area contributed by atoms with Crippen molar-refractivity contribution < 1.29 is 23.7 Å². The first kappa shape index (κ1) is 22.1. The number of imide groups is 2. The Hall–Kier alpha value is -4.74. The molecule has 3 aromatic rings. The van der Waals surface area contributed by atoms with Crippen LogP contribution in [0.1, 0.15) is 18.7 Å². The highest BCUT2D eigenvalue weighted by atomic mass is 16.5. The molecule has 0 spiro atoms. The molecule has 12 heteroatoms. The van der Waals surface area contributed by atoms with Crippen molar-refractivity contribution in [2.24, 2.45) is 0 Å². The van der Waals surface area contributed by atoms with Crippen LogP contribution in [0.15, 0.2) is 59.2 Å². The molecule has 35 heavy (non-hydrogen) atoms. The second kappa shape index (κ2) is 8.89. The van der Waals surface area contributed by atoms with E-state index in [9.17, 15) is 19.2 Å². The summed E-state index contributed by atoms with van der Waals surface area (Å²) in [5.74, 6) is -1.75. The molecule has 1 saturated heterocycles. The molecule has 1 N–H and O–H groups in total. The van der Waals surface area contributed by atoms with Crippen LogP contribution in [0, 0.1) is 0 Å². The average molecular weight is 473 g/mol. The number of likely N-dealkylation sites (N-methyl/N-ethyl adjacent to an activating group) is 1. The zero-order valence-electron chi connectivity index (χ0n) is 18.5. The van der Waals surface area contributed by atoms with Crippen molar-refractivity contribution in [3.05, 3.63) is 60.5 Å². The Balaban J connectivity index is 1.29. The average Bonchev–Trinajstić information content (AvgIpc) is 3.44. The quantitative estimate of drug-likeness (QED) is 0.506. The first-order chi connectivity index (χ1) is 16.9. The Morgan fingerprint density at radius 1 is 1.11 bits per heavy atom. The van der Waals surface area contributed by atoms with E-state index in [1.165, 1.54) is 4.90 Å². The number of carbonyl (C=O) groups excluding carboxylic acids is 4. The highest BCUT2D eigenvalue weighted by Crippen LogP contribution is 2.25. The molecule has 1 fully saturated rings. The summed E-state index contributed by atoms with van der Waals surface area (Å²) in [6, 6.07) is 6.24. The van der Waals surface area contributed by atoms with Gasteiger partial charge in [-0.05, 0) is 30.7 Å². The van der Waals surface area contributed by atoms with Gasteiger partial charge in [-0.15, -0.1) is 0 Å². The number of pyridine rings is 2. The van der Waals surface area contributed by atoms with Crippen LogP contribution in [-0.2, 0) is 25.7 Å². The number of amides is 4. The van der Waals surface area contributed by atoms with E-state index in [1.807, 2.05) is 18.2 Å². The summed E-state index contributed by atoms with van der Waals surface area (Å²) in [6.07, 6.45) is 6.31. The maximum absolute atomic E-state index is 12.9. The molecular formula is C23H19N7O5. The summed E-state index contributed by atoms with van der Waals surface area (Å²) >= 11 is 0. The van der Waals surface area contributed by atoms with Crippen molar-refractivity contribution in [3.8, 4) is 22.6 Å². The number of hydrogen-bond donors (Lipinski definition) is 1. The second-order valence-corrected chi connectivity index (χ2v) is 8.04. The standard InChI is InChI=1S/C23H19N7O5/c1-29(17-11-20(32)30(23(17)34)16-2-3-18(31)26-22(16)33)12-19-27-21(28-35-19)14-6-9-25-15(10-14)13-4-7-24-8-5-13/h4-11,16H,2-3,12H2,1H3,(H,26,31,33). The minimum absolute atomic E-state index is 0.0568. The van der Waals surface area contributed by atoms with E-state index < -0.39 is 29.7 Å². The van der Waals surface area contributed by atoms with Crippen LogP contribution in [0.25, 0.3) is 22.6 Å². The van der Waals surface area contributed by atoms with E-state index in [0.717, 1.165) is 22.2 Å². The van der Waals surface area contributed by atoms with Crippen molar-refractivity contribution in [3.63, 3.8) is 0 Å². The fourth-order valence-corrected chi connectivity index (χ4v) is 3.94. The van der Waals surface area contributed by atoms with Crippen molar-refractivity contribution >= 4 is 23.6 Å². The number of nitrogens with zero attached hydrogens (tertiary/aromatic N) is 6. The number of rotatable bonds is 6. The molecule has 1 unspecified atom stereocenters. The largest absolute Gasteiger partial charge is 0.361 e. The van der Waals surface area contributed by atoms with Gasteiger partial charge in [0.05, 0.1) is 12.2 Å². The van der Waals surface area contributed by atoms with E-state index in [0.29, 0.717) is 11.4 Å². The van der Waals surface area contributed by atoms with Crippen molar-refractivity contribution in [2.45, 2.75) is 25.4 Å². The molecule has 12 nitrogen and oxygen atoms in total. The predicted molar refractivity (Wildman–Crippen MR) is 118 cm³/mol. The van der Waals surface area contributed by atoms with Crippen LogP contribution in [0.2, 0.25) is 0 Å². The molecule has 0 bridgehead atoms. The lowest BCUT2D eigenvalue weighted by atomic mass is 10.0. The maximum atomic E-state index is 12.9. The highest BCUT2D eigenvalue weighted by Gasteiger charge is 2.43. The van der Waals surface area contributed by atoms with Gasteiger partial charge in [0.15, 0.2) is 0 Å². The third-order valence-corrected chi connectivity index (χ3v) is 5.70. The Bertz CT molecular complexity index is 1370. The zero-order valence-corrected chi connectivity index (χ0v) is 18.5. The lowest BCUT2D eigenvalue weighted by Crippen LogP contribution is -2.54. The number of carbonyl (C=O) groups is 4.